The predicted octanol–water partition coefficient (Wildman–Crippen LogP) is 2.69. The fraction of sp³-hybridized carbons (Fsp3) is 0. The molecule has 0 aliphatic rings. The number of nitrogens with one attached hydrogen (secondary N) is 1. The van der Waals surface area contributed by atoms with E-state index in [9.17, 15) is 0 Å². The lowest BCUT2D eigenvalue weighted by Crippen LogP contribution is -1.72. The highest BCUT2D eigenvalue weighted by molar-refractivity contribution is 5.94. The SMILES string of the molecule is N#Cc1cc(-c2c[nH]c3ccccc23)no1. The second-order valence-corrected chi connectivity index (χ2v) is 3.44. The maximum atomic E-state index is 8.67. The average Bonchev–Trinajstić information content (AvgIpc) is 2.94. The number of rotatable bonds is 1. The fourth-order valence-corrected chi connectivity index (χ4v) is 1.74. The zero-order chi connectivity index (χ0) is 11.0. The molecule has 0 spiro atoms. The number of aromatic nitrogens is 2. The fourth-order valence-electron chi connectivity index (χ4n) is 1.74. The molecular formula is C12H7N3O. The maximum Gasteiger partial charge on any atom is 0.236 e. The van der Waals surface area contributed by atoms with Gasteiger partial charge in [0.25, 0.3) is 0 Å². The van der Waals surface area contributed by atoms with E-state index in [0.29, 0.717) is 5.69 Å². The summed E-state index contributed by atoms with van der Waals surface area (Å²) in [5, 5.41) is 13.6. The van der Waals surface area contributed by atoms with Crippen molar-refractivity contribution >= 4 is 10.9 Å². The zero-order valence-corrected chi connectivity index (χ0v) is 8.27. The van der Waals surface area contributed by atoms with E-state index in [1.165, 1.54) is 0 Å². The van der Waals surface area contributed by atoms with Gasteiger partial charge in [-0.05, 0) is 6.07 Å². The summed E-state index contributed by atoms with van der Waals surface area (Å²) in [6, 6.07) is 11.5. The van der Waals surface area contributed by atoms with E-state index in [0.717, 1.165) is 16.5 Å². The van der Waals surface area contributed by atoms with E-state index in [1.54, 1.807) is 6.07 Å². The third kappa shape index (κ3) is 1.19. The van der Waals surface area contributed by atoms with Crippen LogP contribution in [0.1, 0.15) is 5.76 Å². The van der Waals surface area contributed by atoms with Crippen LogP contribution in [-0.2, 0) is 0 Å². The Morgan fingerprint density at radius 2 is 2.19 bits per heavy atom. The van der Waals surface area contributed by atoms with E-state index >= 15 is 0 Å². The largest absolute Gasteiger partial charge is 0.360 e. The van der Waals surface area contributed by atoms with Crippen molar-refractivity contribution in [2.24, 2.45) is 0 Å². The molecule has 0 saturated heterocycles. The van der Waals surface area contributed by atoms with Crippen LogP contribution in [0.15, 0.2) is 41.1 Å². The molecule has 1 aromatic carbocycles. The summed E-state index contributed by atoms with van der Waals surface area (Å²) < 4.78 is 4.86. The lowest BCUT2D eigenvalue weighted by atomic mass is 10.1. The van der Waals surface area contributed by atoms with Gasteiger partial charge in [-0.1, -0.05) is 23.4 Å². The van der Waals surface area contributed by atoms with Gasteiger partial charge >= 0.3 is 0 Å². The van der Waals surface area contributed by atoms with Crippen LogP contribution in [0.3, 0.4) is 0 Å². The van der Waals surface area contributed by atoms with Gasteiger partial charge < -0.3 is 9.51 Å². The minimum Gasteiger partial charge on any atom is -0.360 e. The first-order valence-electron chi connectivity index (χ1n) is 4.82. The van der Waals surface area contributed by atoms with Crippen LogP contribution in [0.25, 0.3) is 22.2 Å². The Labute approximate surface area is 91.1 Å². The molecular weight excluding hydrogens is 202 g/mol. The van der Waals surface area contributed by atoms with Crippen LogP contribution in [0, 0.1) is 11.3 Å². The maximum absolute atomic E-state index is 8.67. The topological polar surface area (TPSA) is 65.6 Å². The third-order valence-corrected chi connectivity index (χ3v) is 2.49. The lowest BCUT2D eigenvalue weighted by Gasteiger charge is -1.91. The standard InChI is InChI=1S/C12H7N3O/c13-6-8-5-12(15-16-8)10-7-14-11-4-2-1-3-9(10)11/h1-5,7,14H. The van der Waals surface area contributed by atoms with Crippen molar-refractivity contribution in [2.45, 2.75) is 0 Å². The highest BCUT2D eigenvalue weighted by Gasteiger charge is 2.10. The van der Waals surface area contributed by atoms with Crippen LogP contribution >= 0.6 is 0 Å². The molecule has 3 aromatic rings. The molecule has 1 N–H and O–H groups in total. The molecule has 4 heteroatoms. The van der Waals surface area contributed by atoms with Crippen LogP contribution in [0.2, 0.25) is 0 Å². The second-order valence-electron chi connectivity index (χ2n) is 3.44. The number of benzene rings is 1. The van der Waals surface area contributed by atoms with Crippen molar-refractivity contribution in [2.75, 3.05) is 0 Å². The van der Waals surface area contributed by atoms with E-state index in [2.05, 4.69) is 10.1 Å². The summed E-state index contributed by atoms with van der Waals surface area (Å²) in [5.74, 6) is 0.222. The van der Waals surface area contributed by atoms with Gasteiger partial charge in [0.1, 0.15) is 11.8 Å². The highest BCUT2D eigenvalue weighted by Crippen LogP contribution is 2.27. The molecule has 3 rings (SSSR count). The number of hydrogen-bond donors (Lipinski definition) is 1. The molecule has 0 fully saturated rings. The van der Waals surface area contributed by atoms with E-state index < -0.39 is 0 Å². The number of para-hydroxylation sites is 1. The number of aromatic amines is 1. The molecule has 16 heavy (non-hydrogen) atoms. The van der Waals surface area contributed by atoms with Crippen molar-refractivity contribution < 1.29 is 4.52 Å². The van der Waals surface area contributed by atoms with E-state index in [-0.39, 0.29) is 5.76 Å². The minimum absolute atomic E-state index is 0.222. The van der Waals surface area contributed by atoms with Crippen molar-refractivity contribution in [3.8, 4) is 17.3 Å². The first-order valence-corrected chi connectivity index (χ1v) is 4.82. The average molecular weight is 209 g/mol. The molecule has 0 saturated carbocycles. The molecule has 0 aliphatic heterocycles. The Kier molecular flexibility index (Phi) is 1.77. The first kappa shape index (κ1) is 8.74. The van der Waals surface area contributed by atoms with Crippen molar-refractivity contribution in [3.63, 3.8) is 0 Å². The monoisotopic (exact) mass is 209 g/mol. The van der Waals surface area contributed by atoms with E-state index in [4.69, 9.17) is 9.78 Å². The number of nitriles is 1. The van der Waals surface area contributed by atoms with Crippen molar-refractivity contribution in [3.05, 3.63) is 42.3 Å². The number of nitrogens with zero attached hydrogens (tertiary/aromatic N) is 2. The normalized spacial score (nSPS) is 10.4. The predicted molar refractivity (Wildman–Crippen MR) is 58.5 cm³/mol. The minimum atomic E-state index is 0.222. The zero-order valence-electron chi connectivity index (χ0n) is 8.27. The van der Waals surface area contributed by atoms with Crippen LogP contribution in [0.5, 0.6) is 0 Å². The highest BCUT2D eigenvalue weighted by atomic mass is 16.5. The van der Waals surface area contributed by atoms with Crippen molar-refractivity contribution in [1.82, 2.24) is 10.1 Å². The summed E-state index contributed by atoms with van der Waals surface area (Å²) in [4.78, 5) is 3.15. The molecule has 0 radical (unpaired) electrons. The molecule has 0 amide bonds. The molecule has 0 atom stereocenters. The molecule has 0 aliphatic carbocycles. The Bertz CT molecular complexity index is 687. The number of H-pyrrole nitrogens is 1. The first-order chi connectivity index (χ1) is 7.88. The molecule has 2 aromatic heterocycles. The Morgan fingerprint density at radius 1 is 1.31 bits per heavy atom. The summed E-state index contributed by atoms with van der Waals surface area (Å²) >= 11 is 0. The van der Waals surface area contributed by atoms with Crippen molar-refractivity contribution in [1.29, 1.82) is 5.26 Å². The summed E-state index contributed by atoms with van der Waals surface area (Å²) in [6.45, 7) is 0. The molecule has 76 valence electrons. The summed E-state index contributed by atoms with van der Waals surface area (Å²) in [6.07, 6.45) is 1.86. The van der Waals surface area contributed by atoms with Crippen LogP contribution in [0.4, 0.5) is 0 Å². The Hall–Kier alpha value is -2.54. The van der Waals surface area contributed by atoms with E-state index in [1.807, 2.05) is 36.5 Å². The number of hydrogen-bond acceptors (Lipinski definition) is 3. The molecule has 0 bridgehead atoms. The van der Waals surface area contributed by atoms with Gasteiger partial charge in [-0.3, -0.25) is 0 Å². The van der Waals surface area contributed by atoms with Gasteiger partial charge in [-0.15, -0.1) is 0 Å². The Morgan fingerprint density at radius 3 is 3.00 bits per heavy atom. The third-order valence-electron chi connectivity index (χ3n) is 2.49. The quantitative estimate of drug-likeness (QED) is 0.670. The van der Waals surface area contributed by atoms with Gasteiger partial charge in [-0.2, -0.15) is 5.26 Å². The van der Waals surface area contributed by atoms with Gasteiger partial charge in [0, 0.05) is 28.7 Å². The van der Waals surface area contributed by atoms with Gasteiger partial charge in [0.15, 0.2) is 0 Å². The lowest BCUT2D eigenvalue weighted by molar-refractivity contribution is 0.412. The second kappa shape index (κ2) is 3.24. The molecule has 0 unspecified atom stereocenters. The molecule has 4 nitrogen and oxygen atoms in total. The number of fused-ring (bicyclic) bond motifs is 1. The smallest absolute Gasteiger partial charge is 0.236 e. The van der Waals surface area contributed by atoms with Gasteiger partial charge in [0.2, 0.25) is 5.76 Å². The van der Waals surface area contributed by atoms with Crippen LogP contribution < -0.4 is 0 Å². The summed E-state index contributed by atoms with van der Waals surface area (Å²) in [7, 11) is 0. The van der Waals surface area contributed by atoms with Gasteiger partial charge in [-0.25, -0.2) is 0 Å². The van der Waals surface area contributed by atoms with Gasteiger partial charge in [0.05, 0.1) is 0 Å². The van der Waals surface area contributed by atoms with Crippen LogP contribution in [-0.4, -0.2) is 10.1 Å². The molecule has 2 heterocycles. The summed E-state index contributed by atoms with van der Waals surface area (Å²) in [5.41, 5.74) is 2.66. The Balaban J connectivity index is 2.23.